The van der Waals surface area contributed by atoms with Crippen LogP contribution in [0, 0.1) is 0 Å². The number of nitrogens with one attached hydrogen (secondary N) is 1. The lowest BCUT2D eigenvalue weighted by Crippen LogP contribution is -2.44. The minimum absolute atomic E-state index is 0.124. The first-order valence-corrected chi connectivity index (χ1v) is 11.2. The van der Waals surface area contributed by atoms with Gasteiger partial charge in [0.2, 0.25) is 0 Å². The number of carbonyl (C=O) groups excluding carboxylic acids is 3. The number of aromatic nitrogens is 1. The van der Waals surface area contributed by atoms with Crippen molar-refractivity contribution in [2.75, 3.05) is 20.8 Å². The molecule has 1 saturated carbocycles. The summed E-state index contributed by atoms with van der Waals surface area (Å²) in [6.45, 7) is 3.77. The predicted octanol–water partition coefficient (Wildman–Crippen LogP) is 3.27. The number of esters is 2. The summed E-state index contributed by atoms with van der Waals surface area (Å²) >= 11 is 0. The van der Waals surface area contributed by atoms with E-state index >= 15 is 0 Å². The molecule has 3 rings (SSSR count). The molecule has 0 spiro atoms. The van der Waals surface area contributed by atoms with Gasteiger partial charge in [-0.15, -0.1) is 0 Å². The molecule has 0 aliphatic heterocycles. The largest absolute Gasteiger partial charge is 0.493 e. The third-order valence-corrected chi connectivity index (χ3v) is 5.78. The van der Waals surface area contributed by atoms with Crippen LogP contribution in [0.1, 0.15) is 65.4 Å². The van der Waals surface area contributed by atoms with Crippen LogP contribution in [0.2, 0.25) is 0 Å². The van der Waals surface area contributed by atoms with Crippen LogP contribution in [-0.4, -0.2) is 55.8 Å². The molecule has 0 radical (unpaired) electrons. The van der Waals surface area contributed by atoms with Gasteiger partial charge in [-0.1, -0.05) is 6.07 Å². The Hall–Kier alpha value is -3.62. The summed E-state index contributed by atoms with van der Waals surface area (Å²) in [7, 11) is 2.86. The van der Waals surface area contributed by atoms with Gasteiger partial charge in [-0.25, -0.2) is 4.79 Å². The van der Waals surface area contributed by atoms with E-state index in [2.05, 4.69) is 15.0 Å². The van der Waals surface area contributed by atoms with Crippen molar-refractivity contribution in [3.05, 3.63) is 53.3 Å². The maximum Gasteiger partial charge on any atom is 0.339 e. The van der Waals surface area contributed by atoms with Crippen molar-refractivity contribution in [3.8, 4) is 11.5 Å². The van der Waals surface area contributed by atoms with Crippen LogP contribution in [0.5, 0.6) is 11.5 Å². The Morgan fingerprint density at radius 1 is 1.09 bits per heavy atom. The number of nitrogens with zero attached hydrogens (tertiary/aromatic N) is 1. The molecule has 1 aromatic carbocycles. The molecule has 1 aromatic heterocycles. The Kier molecular flexibility index (Phi) is 8.45. The van der Waals surface area contributed by atoms with E-state index in [-0.39, 0.29) is 41.2 Å². The highest BCUT2D eigenvalue weighted by molar-refractivity contribution is 5.94. The van der Waals surface area contributed by atoms with Gasteiger partial charge in [0.25, 0.3) is 5.91 Å². The monoisotopic (exact) mass is 470 g/mol. The number of hydrogen-bond acceptors (Lipinski definition) is 8. The summed E-state index contributed by atoms with van der Waals surface area (Å²) in [5.74, 6) is -0.0909. The summed E-state index contributed by atoms with van der Waals surface area (Å²) in [6, 6.07) is 8.45. The summed E-state index contributed by atoms with van der Waals surface area (Å²) in [5.41, 5.74) is 1.40. The average molecular weight is 471 g/mol. The summed E-state index contributed by atoms with van der Waals surface area (Å²) in [6.07, 6.45) is 2.87. The Morgan fingerprint density at radius 2 is 1.88 bits per heavy atom. The molecule has 0 saturated heterocycles. The molecule has 1 heterocycles. The molecule has 0 bridgehead atoms. The number of benzene rings is 1. The van der Waals surface area contributed by atoms with Gasteiger partial charge >= 0.3 is 11.9 Å². The highest BCUT2D eigenvalue weighted by Gasteiger charge is 2.35. The number of rotatable bonds is 8. The highest BCUT2D eigenvalue weighted by atomic mass is 16.5. The number of carbonyl (C=O) groups is 3. The van der Waals surface area contributed by atoms with Crippen molar-refractivity contribution in [1.82, 2.24) is 10.3 Å². The first-order chi connectivity index (χ1) is 16.4. The Morgan fingerprint density at radius 3 is 2.50 bits per heavy atom. The van der Waals surface area contributed by atoms with Gasteiger partial charge in [0, 0.05) is 25.1 Å². The van der Waals surface area contributed by atoms with Crippen LogP contribution >= 0.6 is 0 Å². The van der Waals surface area contributed by atoms with E-state index < -0.39 is 5.97 Å². The lowest BCUT2D eigenvalue weighted by molar-refractivity contribution is -0.148. The standard InChI is InChI=1S/C25H30N2O7/c1-5-33-23-12-16(7-11-22(23)31-3)19-13-18(34-15(2)28)8-10-20(19)27-24(29)21-9-6-17(14-26-21)25(30)32-4/h6-7,9,11-12,14,18-20H,5,8,10,13H2,1-4H3,(H,27,29)/t18-,19-,20-/m1/s1. The molecule has 1 aliphatic rings. The summed E-state index contributed by atoms with van der Waals surface area (Å²) < 4.78 is 21.3. The van der Waals surface area contributed by atoms with Crippen molar-refractivity contribution in [2.45, 2.75) is 51.2 Å². The van der Waals surface area contributed by atoms with Crippen LogP contribution in [0.25, 0.3) is 0 Å². The zero-order chi connectivity index (χ0) is 24.7. The van der Waals surface area contributed by atoms with E-state index in [4.69, 9.17) is 14.2 Å². The van der Waals surface area contributed by atoms with Crippen molar-refractivity contribution < 1.29 is 33.3 Å². The number of methoxy groups -OCH3 is 2. The lowest BCUT2D eigenvalue weighted by atomic mass is 9.78. The van der Waals surface area contributed by atoms with Gasteiger partial charge in [-0.05, 0) is 56.0 Å². The van der Waals surface area contributed by atoms with Crippen LogP contribution in [-0.2, 0) is 14.3 Å². The molecule has 9 heteroatoms. The van der Waals surface area contributed by atoms with Crippen molar-refractivity contribution in [1.29, 1.82) is 0 Å². The second-order valence-corrected chi connectivity index (χ2v) is 8.00. The first kappa shape index (κ1) is 25.0. The highest BCUT2D eigenvalue weighted by Crippen LogP contribution is 2.38. The van der Waals surface area contributed by atoms with Crippen LogP contribution in [0.3, 0.4) is 0 Å². The number of amides is 1. The smallest absolute Gasteiger partial charge is 0.339 e. The fourth-order valence-corrected chi connectivity index (χ4v) is 4.22. The van der Waals surface area contributed by atoms with Crippen molar-refractivity contribution in [2.24, 2.45) is 0 Å². The molecule has 1 N–H and O–H groups in total. The van der Waals surface area contributed by atoms with Crippen LogP contribution in [0.15, 0.2) is 36.5 Å². The quantitative estimate of drug-likeness (QED) is 0.585. The van der Waals surface area contributed by atoms with Crippen molar-refractivity contribution in [3.63, 3.8) is 0 Å². The van der Waals surface area contributed by atoms with Gasteiger partial charge in [-0.3, -0.25) is 14.6 Å². The molecule has 1 fully saturated rings. The van der Waals surface area contributed by atoms with Crippen LogP contribution in [0.4, 0.5) is 0 Å². The van der Waals surface area contributed by atoms with E-state index in [0.29, 0.717) is 37.4 Å². The van der Waals surface area contributed by atoms with Gasteiger partial charge in [0.1, 0.15) is 11.8 Å². The molecule has 1 aliphatic carbocycles. The fraction of sp³-hybridized carbons (Fsp3) is 0.440. The molecule has 34 heavy (non-hydrogen) atoms. The molecular formula is C25H30N2O7. The van der Waals surface area contributed by atoms with Crippen molar-refractivity contribution >= 4 is 17.8 Å². The molecule has 9 nitrogen and oxygen atoms in total. The number of pyridine rings is 1. The number of hydrogen-bond donors (Lipinski definition) is 1. The molecule has 2 aromatic rings. The third-order valence-electron chi connectivity index (χ3n) is 5.78. The maximum absolute atomic E-state index is 12.9. The topological polar surface area (TPSA) is 113 Å². The Labute approximate surface area is 198 Å². The summed E-state index contributed by atoms with van der Waals surface area (Å²) in [4.78, 5) is 40.2. The van der Waals surface area contributed by atoms with Gasteiger partial charge < -0.3 is 24.3 Å². The number of ether oxygens (including phenoxy) is 4. The summed E-state index contributed by atoms with van der Waals surface area (Å²) in [5, 5.41) is 3.07. The normalized spacial score (nSPS) is 19.6. The van der Waals surface area contributed by atoms with Gasteiger partial charge in [-0.2, -0.15) is 0 Å². The zero-order valence-electron chi connectivity index (χ0n) is 19.8. The molecular weight excluding hydrogens is 440 g/mol. The molecule has 182 valence electrons. The third kappa shape index (κ3) is 6.03. The molecule has 3 atom stereocenters. The lowest BCUT2D eigenvalue weighted by Gasteiger charge is -2.36. The SMILES string of the molecule is CCOc1cc([C@H]2C[C@H](OC(C)=O)CC[C@H]2NC(=O)c2ccc(C(=O)OC)cn2)ccc1OC. The van der Waals surface area contributed by atoms with E-state index in [1.54, 1.807) is 7.11 Å². The Balaban J connectivity index is 1.84. The van der Waals surface area contributed by atoms with E-state index in [9.17, 15) is 14.4 Å². The van der Waals surface area contributed by atoms with Gasteiger partial charge in [0.05, 0.1) is 26.4 Å². The van der Waals surface area contributed by atoms with Crippen LogP contribution < -0.4 is 14.8 Å². The minimum Gasteiger partial charge on any atom is -0.493 e. The van der Waals surface area contributed by atoms with Gasteiger partial charge in [0.15, 0.2) is 11.5 Å². The second-order valence-electron chi connectivity index (χ2n) is 8.00. The molecule has 0 unspecified atom stereocenters. The Bertz CT molecular complexity index is 1020. The maximum atomic E-state index is 12.9. The van der Waals surface area contributed by atoms with E-state index in [1.807, 2.05) is 25.1 Å². The minimum atomic E-state index is -0.520. The average Bonchev–Trinajstić information content (AvgIpc) is 2.84. The predicted molar refractivity (Wildman–Crippen MR) is 123 cm³/mol. The fourth-order valence-electron chi connectivity index (χ4n) is 4.22. The second kappa shape index (κ2) is 11.5. The first-order valence-electron chi connectivity index (χ1n) is 11.2. The zero-order valence-corrected chi connectivity index (χ0v) is 19.8. The van der Waals surface area contributed by atoms with E-state index in [1.165, 1.54) is 32.4 Å². The molecule has 1 amide bonds. The van der Waals surface area contributed by atoms with E-state index in [0.717, 1.165) is 5.56 Å².